The molecule has 0 bridgehead atoms. The minimum atomic E-state index is -1.13. The Hall–Kier alpha value is -2.57. The van der Waals surface area contributed by atoms with Crippen molar-refractivity contribution in [2.24, 2.45) is 0 Å². The molecular weight excluding hydrogens is 361 g/mol. The molecule has 3 N–H and O–H groups in total. The maximum Gasteiger partial charge on any atom is 0.305 e. The highest BCUT2D eigenvalue weighted by Gasteiger charge is 2.16. The number of hydrogen-bond acceptors (Lipinski definition) is 4. The second-order valence-corrected chi connectivity index (χ2v) is 7.19. The van der Waals surface area contributed by atoms with E-state index in [4.69, 9.17) is 5.11 Å². The van der Waals surface area contributed by atoms with E-state index in [0.29, 0.717) is 0 Å². The van der Waals surface area contributed by atoms with Crippen LogP contribution in [0.25, 0.3) is 17.2 Å². The molecule has 5 nitrogen and oxygen atoms in total. The molecule has 2 unspecified atom stereocenters. The number of rotatable bonds is 8. The fraction of sp³-hybridized carbons (Fsp3) is 0.364. The number of halogens is 1. The number of aryl methyl sites for hydroxylation is 1. The van der Waals surface area contributed by atoms with Crippen molar-refractivity contribution in [2.45, 2.75) is 51.7 Å². The predicted molar refractivity (Wildman–Crippen MR) is 106 cm³/mol. The van der Waals surface area contributed by atoms with Crippen LogP contribution in [0.5, 0.6) is 0 Å². The fourth-order valence-corrected chi connectivity index (χ4v) is 3.04. The molecule has 0 spiro atoms. The number of aromatic nitrogens is 1. The van der Waals surface area contributed by atoms with Crippen LogP contribution >= 0.6 is 0 Å². The molecule has 28 heavy (non-hydrogen) atoms. The first kappa shape index (κ1) is 21.7. The van der Waals surface area contributed by atoms with Gasteiger partial charge in [-0.25, -0.2) is 4.39 Å². The maximum atomic E-state index is 13.3. The molecule has 150 valence electrons. The Labute approximate surface area is 164 Å². The summed E-state index contributed by atoms with van der Waals surface area (Å²) in [4.78, 5) is 15.3. The SMILES string of the molecule is Cc1cc(-c2ccc(F)cc2)c(/C=C/C(O)CC(O)CC(=O)O)c(C(C)C)n1. The summed E-state index contributed by atoms with van der Waals surface area (Å²) in [7, 11) is 0. The van der Waals surface area contributed by atoms with Crippen molar-refractivity contribution in [1.29, 1.82) is 0 Å². The molecule has 1 aromatic heterocycles. The smallest absolute Gasteiger partial charge is 0.305 e. The molecule has 0 fully saturated rings. The van der Waals surface area contributed by atoms with Gasteiger partial charge in [-0.3, -0.25) is 9.78 Å². The zero-order chi connectivity index (χ0) is 20.8. The van der Waals surface area contributed by atoms with E-state index in [1.807, 2.05) is 26.8 Å². The van der Waals surface area contributed by atoms with Crippen molar-refractivity contribution >= 4 is 12.0 Å². The van der Waals surface area contributed by atoms with Gasteiger partial charge < -0.3 is 15.3 Å². The second kappa shape index (κ2) is 9.57. The van der Waals surface area contributed by atoms with Gasteiger partial charge in [0.15, 0.2) is 0 Å². The Bertz CT molecular complexity index is 846. The third-order valence-electron chi connectivity index (χ3n) is 4.33. The minimum Gasteiger partial charge on any atom is -0.481 e. The van der Waals surface area contributed by atoms with Crippen LogP contribution in [-0.2, 0) is 4.79 Å². The third-order valence-corrected chi connectivity index (χ3v) is 4.33. The Morgan fingerprint density at radius 1 is 1.21 bits per heavy atom. The quantitative estimate of drug-likeness (QED) is 0.639. The van der Waals surface area contributed by atoms with E-state index in [1.165, 1.54) is 18.2 Å². The van der Waals surface area contributed by atoms with Gasteiger partial charge in [0, 0.05) is 17.7 Å². The summed E-state index contributed by atoms with van der Waals surface area (Å²) in [5.41, 5.74) is 4.17. The Balaban J connectivity index is 2.40. The van der Waals surface area contributed by atoms with Crippen molar-refractivity contribution in [2.75, 3.05) is 0 Å². The first-order valence-corrected chi connectivity index (χ1v) is 9.21. The van der Waals surface area contributed by atoms with Gasteiger partial charge in [0.25, 0.3) is 0 Å². The number of aliphatic hydroxyl groups is 2. The molecule has 0 radical (unpaired) electrons. The minimum absolute atomic E-state index is 0.0784. The number of hydrogen-bond donors (Lipinski definition) is 3. The maximum absolute atomic E-state index is 13.3. The Kier molecular flexibility index (Phi) is 7.43. The molecule has 1 heterocycles. The van der Waals surface area contributed by atoms with Gasteiger partial charge in [-0.1, -0.05) is 38.1 Å². The molecule has 0 amide bonds. The van der Waals surface area contributed by atoms with Gasteiger partial charge >= 0.3 is 5.97 Å². The van der Waals surface area contributed by atoms with E-state index in [-0.39, 0.29) is 18.2 Å². The third kappa shape index (κ3) is 5.97. The first-order chi connectivity index (χ1) is 13.2. The van der Waals surface area contributed by atoms with Crippen LogP contribution in [0, 0.1) is 12.7 Å². The summed E-state index contributed by atoms with van der Waals surface area (Å²) < 4.78 is 13.3. The van der Waals surface area contributed by atoms with Crippen LogP contribution in [0.2, 0.25) is 0 Å². The highest BCUT2D eigenvalue weighted by Crippen LogP contribution is 2.31. The lowest BCUT2D eigenvalue weighted by atomic mass is 9.93. The Morgan fingerprint density at radius 3 is 2.43 bits per heavy atom. The normalized spacial score (nSPS) is 13.8. The summed E-state index contributed by atoms with van der Waals surface area (Å²) in [6.07, 6.45) is 0.626. The number of aliphatic hydroxyl groups excluding tert-OH is 2. The molecule has 0 saturated heterocycles. The summed E-state index contributed by atoms with van der Waals surface area (Å²) >= 11 is 0. The number of nitrogens with zero attached hydrogens (tertiary/aromatic N) is 1. The molecule has 2 atom stereocenters. The summed E-state index contributed by atoms with van der Waals surface area (Å²) in [6.45, 7) is 5.92. The van der Waals surface area contributed by atoms with E-state index >= 15 is 0 Å². The number of aliphatic carboxylic acids is 1. The average molecular weight is 387 g/mol. The molecule has 2 rings (SSSR count). The van der Waals surface area contributed by atoms with E-state index in [1.54, 1.807) is 18.2 Å². The number of carboxylic acid groups (broad SMARTS) is 1. The highest BCUT2D eigenvalue weighted by molar-refractivity contribution is 5.77. The van der Waals surface area contributed by atoms with Crippen molar-refractivity contribution in [3.63, 3.8) is 0 Å². The number of pyridine rings is 1. The monoisotopic (exact) mass is 387 g/mol. The van der Waals surface area contributed by atoms with Gasteiger partial charge in [-0.05, 0) is 42.2 Å². The largest absolute Gasteiger partial charge is 0.481 e. The molecule has 0 aliphatic rings. The summed E-state index contributed by atoms with van der Waals surface area (Å²) in [6, 6.07) is 8.08. The van der Waals surface area contributed by atoms with Crippen LogP contribution in [0.1, 0.15) is 49.6 Å². The van der Waals surface area contributed by atoms with Gasteiger partial charge in [-0.2, -0.15) is 0 Å². The van der Waals surface area contributed by atoms with Crippen LogP contribution in [-0.4, -0.2) is 38.5 Å². The highest BCUT2D eigenvalue weighted by atomic mass is 19.1. The van der Waals surface area contributed by atoms with E-state index in [0.717, 1.165) is 28.1 Å². The van der Waals surface area contributed by atoms with Crippen molar-refractivity contribution < 1.29 is 24.5 Å². The van der Waals surface area contributed by atoms with Crippen molar-refractivity contribution in [3.05, 3.63) is 59.2 Å². The second-order valence-electron chi connectivity index (χ2n) is 7.19. The molecular formula is C22H26FNO4. The predicted octanol–water partition coefficient (Wildman–Crippen LogP) is 3.92. The molecule has 0 aliphatic carbocycles. The molecule has 0 saturated carbocycles. The Morgan fingerprint density at radius 2 is 1.86 bits per heavy atom. The lowest BCUT2D eigenvalue weighted by Gasteiger charge is -2.17. The molecule has 0 aliphatic heterocycles. The van der Waals surface area contributed by atoms with E-state index < -0.39 is 24.6 Å². The van der Waals surface area contributed by atoms with E-state index in [9.17, 15) is 19.4 Å². The number of carbonyl (C=O) groups is 1. The summed E-state index contributed by atoms with van der Waals surface area (Å²) in [5, 5.41) is 28.6. The standard InChI is InChI=1S/C22H26FNO4/c1-13(2)22-19(9-8-17(25)11-18(26)12-21(27)28)20(10-14(3)24-22)15-4-6-16(23)7-5-15/h4-10,13,17-18,25-26H,11-12H2,1-3H3,(H,27,28)/b9-8+. The fourth-order valence-electron chi connectivity index (χ4n) is 3.04. The van der Waals surface area contributed by atoms with Gasteiger partial charge in [0.1, 0.15) is 5.82 Å². The lowest BCUT2D eigenvalue weighted by molar-refractivity contribution is -0.139. The first-order valence-electron chi connectivity index (χ1n) is 9.21. The topological polar surface area (TPSA) is 90.7 Å². The van der Waals surface area contributed by atoms with Crippen LogP contribution in [0.15, 0.2) is 36.4 Å². The van der Waals surface area contributed by atoms with Gasteiger partial charge in [0.05, 0.1) is 24.3 Å². The van der Waals surface area contributed by atoms with Crippen molar-refractivity contribution in [3.8, 4) is 11.1 Å². The van der Waals surface area contributed by atoms with E-state index in [2.05, 4.69) is 4.98 Å². The van der Waals surface area contributed by atoms with Crippen LogP contribution < -0.4 is 0 Å². The van der Waals surface area contributed by atoms with Crippen LogP contribution in [0.4, 0.5) is 4.39 Å². The summed E-state index contributed by atoms with van der Waals surface area (Å²) in [5.74, 6) is -1.32. The molecule has 6 heteroatoms. The molecule has 1 aromatic carbocycles. The average Bonchev–Trinajstić information content (AvgIpc) is 2.59. The number of carboxylic acids is 1. The zero-order valence-corrected chi connectivity index (χ0v) is 16.3. The zero-order valence-electron chi connectivity index (χ0n) is 16.3. The van der Waals surface area contributed by atoms with Gasteiger partial charge in [0.2, 0.25) is 0 Å². The van der Waals surface area contributed by atoms with Crippen molar-refractivity contribution in [1.82, 2.24) is 4.98 Å². The molecule has 2 aromatic rings. The van der Waals surface area contributed by atoms with Gasteiger partial charge in [-0.15, -0.1) is 0 Å². The number of benzene rings is 1. The lowest BCUT2D eigenvalue weighted by Crippen LogP contribution is -2.19. The van der Waals surface area contributed by atoms with Crippen LogP contribution in [0.3, 0.4) is 0 Å².